The average Bonchev–Trinajstić information content (AvgIpc) is 2.16. The predicted molar refractivity (Wildman–Crippen MR) is 52.2 cm³/mol. The van der Waals surface area contributed by atoms with Crippen LogP contribution < -0.4 is 4.90 Å². The van der Waals surface area contributed by atoms with Gasteiger partial charge >= 0.3 is 0 Å². The smallest absolute Gasteiger partial charge is 0.103 e. The van der Waals surface area contributed by atoms with Crippen LogP contribution in [0.5, 0.6) is 0 Å². The van der Waals surface area contributed by atoms with E-state index in [-0.39, 0.29) is 0 Å². The predicted octanol–water partition coefficient (Wildman–Crippen LogP) is 1.11. The van der Waals surface area contributed by atoms with Crippen molar-refractivity contribution in [1.29, 1.82) is 0 Å². The lowest BCUT2D eigenvalue weighted by molar-refractivity contribution is -0.910. The van der Waals surface area contributed by atoms with Crippen LogP contribution in [-0.4, -0.2) is 13.1 Å². The van der Waals surface area contributed by atoms with E-state index in [1.54, 1.807) is 4.90 Å². The molecule has 0 saturated heterocycles. The van der Waals surface area contributed by atoms with Crippen molar-refractivity contribution in [3.63, 3.8) is 0 Å². The van der Waals surface area contributed by atoms with Crippen molar-refractivity contribution >= 4 is 0 Å². The second-order valence-electron chi connectivity index (χ2n) is 3.12. The molecule has 0 aliphatic rings. The maximum atomic E-state index is 2.24. The Balaban J connectivity index is 2.51. The Labute approximate surface area is 75.0 Å². The summed E-state index contributed by atoms with van der Waals surface area (Å²) in [5, 5.41) is 0. The van der Waals surface area contributed by atoms with Crippen molar-refractivity contribution in [2.24, 2.45) is 0 Å². The molecule has 66 valence electrons. The second kappa shape index (κ2) is 4.94. The topological polar surface area (TPSA) is 4.44 Å². The minimum absolute atomic E-state index is 1.16. The highest BCUT2D eigenvalue weighted by Gasteiger charge is 2.02. The summed E-state index contributed by atoms with van der Waals surface area (Å²) in [6, 6.07) is 10.7. The van der Waals surface area contributed by atoms with Gasteiger partial charge in [-0.3, -0.25) is 0 Å². The molecule has 1 heteroatoms. The zero-order valence-corrected chi connectivity index (χ0v) is 8.01. The van der Waals surface area contributed by atoms with Crippen LogP contribution >= 0.6 is 0 Å². The third kappa shape index (κ3) is 2.67. The lowest BCUT2D eigenvalue weighted by atomic mass is 10.2. The monoisotopic (exact) mass is 164 g/mol. The van der Waals surface area contributed by atoms with E-state index in [1.807, 2.05) is 0 Å². The molecule has 0 fully saturated rings. The van der Waals surface area contributed by atoms with E-state index >= 15 is 0 Å². The van der Waals surface area contributed by atoms with E-state index in [1.165, 1.54) is 18.7 Å². The van der Waals surface area contributed by atoms with Gasteiger partial charge in [-0.15, -0.1) is 0 Å². The van der Waals surface area contributed by atoms with Crippen molar-refractivity contribution < 1.29 is 4.90 Å². The largest absolute Gasteiger partial charge is 0.332 e. The molecule has 1 aromatic carbocycles. The van der Waals surface area contributed by atoms with Crippen LogP contribution in [0, 0.1) is 0 Å². The molecule has 0 saturated carbocycles. The molecule has 0 spiro atoms. The zero-order chi connectivity index (χ0) is 8.81. The Hall–Kier alpha value is -0.820. The molecule has 12 heavy (non-hydrogen) atoms. The second-order valence-corrected chi connectivity index (χ2v) is 3.12. The van der Waals surface area contributed by atoms with E-state index in [0.29, 0.717) is 0 Å². The lowest BCUT2D eigenvalue weighted by Crippen LogP contribution is -3.10. The number of rotatable bonds is 4. The fourth-order valence-electron chi connectivity index (χ4n) is 1.38. The molecule has 1 nitrogen and oxygen atoms in total. The summed E-state index contributed by atoms with van der Waals surface area (Å²) in [6.45, 7) is 8.06. The first kappa shape index (κ1) is 9.27. The van der Waals surface area contributed by atoms with Gasteiger partial charge in [-0.2, -0.15) is 0 Å². The Kier molecular flexibility index (Phi) is 3.81. The number of hydrogen-bond donors (Lipinski definition) is 1. The fourth-order valence-corrected chi connectivity index (χ4v) is 1.38. The number of quaternary nitrogens is 1. The molecule has 0 radical (unpaired) electrons. The first-order chi connectivity index (χ1) is 5.86. The molecule has 1 N–H and O–H groups in total. The summed E-state index contributed by atoms with van der Waals surface area (Å²) in [7, 11) is 0. The molecular weight excluding hydrogens is 146 g/mol. The van der Waals surface area contributed by atoms with E-state index in [4.69, 9.17) is 0 Å². The van der Waals surface area contributed by atoms with E-state index in [2.05, 4.69) is 44.2 Å². The Bertz CT molecular complexity index is 202. The van der Waals surface area contributed by atoms with Gasteiger partial charge in [0.1, 0.15) is 6.54 Å². The highest BCUT2D eigenvalue weighted by molar-refractivity contribution is 5.13. The van der Waals surface area contributed by atoms with Crippen LogP contribution in [0.15, 0.2) is 30.3 Å². The van der Waals surface area contributed by atoms with E-state index in [9.17, 15) is 0 Å². The van der Waals surface area contributed by atoms with Gasteiger partial charge < -0.3 is 4.90 Å². The van der Waals surface area contributed by atoms with Gasteiger partial charge in [0.05, 0.1) is 13.1 Å². The normalized spacial score (nSPS) is 10.6. The van der Waals surface area contributed by atoms with Crippen LogP contribution in [0.1, 0.15) is 19.4 Å². The molecular formula is C11H18N+. The number of benzene rings is 1. The van der Waals surface area contributed by atoms with Crippen molar-refractivity contribution in [3.8, 4) is 0 Å². The quantitative estimate of drug-likeness (QED) is 0.680. The molecule has 0 heterocycles. The molecule has 0 aliphatic carbocycles. The molecule has 1 rings (SSSR count). The van der Waals surface area contributed by atoms with Crippen molar-refractivity contribution in [2.45, 2.75) is 20.4 Å². The van der Waals surface area contributed by atoms with Gasteiger partial charge in [0.25, 0.3) is 0 Å². The molecule has 0 aliphatic heterocycles. The van der Waals surface area contributed by atoms with Crippen molar-refractivity contribution in [1.82, 2.24) is 0 Å². The first-order valence-electron chi connectivity index (χ1n) is 4.74. The summed E-state index contributed by atoms with van der Waals surface area (Å²) in [5.41, 5.74) is 1.44. The lowest BCUT2D eigenvalue weighted by Gasteiger charge is -2.14. The Morgan fingerprint density at radius 1 is 1.00 bits per heavy atom. The maximum Gasteiger partial charge on any atom is 0.103 e. The van der Waals surface area contributed by atoms with Gasteiger partial charge in [-0.25, -0.2) is 0 Å². The van der Waals surface area contributed by atoms with Crippen molar-refractivity contribution in [2.75, 3.05) is 13.1 Å². The SMILES string of the molecule is CC[NH+](CC)Cc1ccccc1. The summed E-state index contributed by atoms with van der Waals surface area (Å²) in [4.78, 5) is 1.64. The molecule has 0 amide bonds. The average molecular weight is 164 g/mol. The number of hydrogen-bond acceptors (Lipinski definition) is 0. The first-order valence-corrected chi connectivity index (χ1v) is 4.74. The number of nitrogens with one attached hydrogen (secondary N) is 1. The molecule has 0 atom stereocenters. The van der Waals surface area contributed by atoms with Gasteiger partial charge in [-0.05, 0) is 13.8 Å². The highest BCUT2D eigenvalue weighted by Crippen LogP contribution is 1.94. The summed E-state index contributed by atoms with van der Waals surface area (Å²) in [5.74, 6) is 0. The Morgan fingerprint density at radius 2 is 1.58 bits per heavy atom. The van der Waals surface area contributed by atoms with Gasteiger partial charge in [0.2, 0.25) is 0 Å². The van der Waals surface area contributed by atoms with Crippen LogP contribution in [0.3, 0.4) is 0 Å². The van der Waals surface area contributed by atoms with Crippen molar-refractivity contribution in [3.05, 3.63) is 35.9 Å². The summed E-state index contributed by atoms with van der Waals surface area (Å²) < 4.78 is 0. The van der Waals surface area contributed by atoms with Crippen LogP contribution in [0.25, 0.3) is 0 Å². The fraction of sp³-hybridized carbons (Fsp3) is 0.455. The molecule has 1 aromatic rings. The van der Waals surface area contributed by atoms with E-state index < -0.39 is 0 Å². The summed E-state index contributed by atoms with van der Waals surface area (Å²) in [6.07, 6.45) is 0. The van der Waals surface area contributed by atoms with Gasteiger partial charge in [-0.1, -0.05) is 30.3 Å². The third-order valence-corrected chi connectivity index (χ3v) is 2.30. The maximum absolute atomic E-state index is 2.24. The van der Waals surface area contributed by atoms with Gasteiger partial charge in [0, 0.05) is 5.56 Å². The van der Waals surface area contributed by atoms with Crippen LogP contribution in [0.4, 0.5) is 0 Å². The zero-order valence-electron chi connectivity index (χ0n) is 8.01. The van der Waals surface area contributed by atoms with Crippen LogP contribution in [0.2, 0.25) is 0 Å². The molecule has 0 aromatic heterocycles. The standard InChI is InChI=1S/C11H17N/c1-3-12(4-2)10-11-8-6-5-7-9-11/h5-9H,3-4,10H2,1-2H3/p+1. The van der Waals surface area contributed by atoms with E-state index in [0.717, 1.165) is 6.54 Å². The highest BCUT2D eigenvalue weighted by atomic mass is 15.1. The summed E-state index contributed by atoms with van der Waals surface area (Å²) >= 11 is 0. The Morgan fingerprint density at radius 3 is 2.08 bits per heavy atom. The van der Waals surface area contributed by atoms with Gasteiger partial charge in [0.15, 0.2) is 0 Å². The third-order valence-electron chi connectivity index (χ3n) is 2.30. The minimum Gasteiger partial charge on any atom is -0.332 e. The van der Waals surface area contributed by atoms with Crippen LogP contribution in [-0.2, 0) is 6.54 Å². The minimum atomic E-state index is 1.16. The molecule has 0 unspecified atom stereocenters. The molecule has 0 bridgehead atoms.